The fourth-order valence-electron chi connectivity index (χ4n) is 2.05. The van der Waals surface area contributed by atoms with Crippen molar-refractivity contribution in [2.75, 3.05) is 13.2 Å². The van der Waals surface area contributed by atoms with Crippen molar-refractivity contribution < 1.29 is 33.0 Å². The van der Waals surface area contributed by atoms with Crippen molar-refractivity contribution in [1.82, 2.24) is 5.32 Å². The fraction of sp³-hybridized carbons (Fsp3) is 0.529. The van der Waals surface area contributed by atoms with Crippen LogP contribution in [0.3, 0.4) is 0 Å². The molecule has 0 saturated carbocycles. The van der Waals surface area contributed by atoms with Crippen LogP contribution in [0.4, 0.5) is 13.2 Å². The molecule has 0 fully saturated rings. The van der Waals surface area contributed by atoms with Crippen LogP contribution >= 0.6 is 0 Å². The van der Waals surface area contributed by atoms with Gasteiger partial charge in [0.25, 0.3) is 0 Å². The minimum absolute atomic E-state index is 0.00837. The van der Waals surface area contributed by atoms with Crippen molar-refractivity contribution >= 4 is 11.7 Å². The van der Waals surface area contributed by atoms with Gasteiger partial charge in [0.2, 0.25) is 5.91 Å². The molecule has 0 aromatic heterocycles. The highest BCUT2D eigenvalue weighted by Gasteiger charge is 2.33. The summed E-state index contributed by atoms with van der Waals surface area (Å²) in [6, 6.07) is 0.814. The molecular formula is C17H22F3NO4. The van der Waals surface area contributed by atoms with E-state index >= 15 is 0 Å². The summed E-state index contributed by atoms with van der Waals surface area (Å²) in [5.74, 6) is -5.73. The Labute approximate surface area is 143 Å². The predicted octanol–water partition coefficient (Wildman–Crippen LogP) is 1.81. The van der Waals surface area contributed by atoms with E-state index in [9.17, 15) is 27.9 Å². The molecule has 0 aliphatic rings. The summed E-state index contributed by atoms with van der Waals surface area (Å²) in [6.45, 7) is 4.23. The van der Waals surface area contributed by atoms with Crippen LogP contribution in [0.25, 0.3) is 0 Å². The van der Waals surface area contributed by atoms with E-state index < -0.39 is 58.7 Å². The van der Waals surface area contributed by atoms with Crippen molar-refractivity contribution in [2.24, 2.45) is 11.3 Å². The number of aliphatic hydroxyl groups is 2. The predicted molar refractivity (Wildman–Crippen MR) is 84.3 cm³/mol. The molecule has 8 heteroatoms. The van der Waals surface area contributed by atoms with Crippen LogP contribution in [-0.2, 0) is 4.79 Å². The Morgan fingerprint density at radius 1 is 1.16 bits per heavy atom. The summed E-state index contributed by atoms with van der Waals surface area (Å²) in [6.07, 6.45) is -1.65. The third-order valence-corrected chi connectivity index (χ3v) is 3.87. The lowest BCUT2D eigenvalue weighted by molar-refractivity contribution is -0.137. The second-order valence-corrected chi connectivity index (χ2v) is 6.77. The van der Waals surface area contributed by atoms with Crippen LogP contribution in [0, 0.1) is 28.8 Å². The quantitative estimate of drug-likeness (QED) is 0.487. The van der Waals surface area contributed by atoms with Crippen molar-refractivity contribution in [1.29, 1.82) is 0 Å². The lowest BCUT2D eigenvalue weighted by Gasteiger charge is -2.27. The Bertz CT molecular complexity index is 649. The maximum absolute atomic E-state index is 13.6. The van der Waals surface area contributed by atoms with Gasteiger partial charge in [0.15, 0.2) is 17.4 Å². The van der Waals surface area contributed by atoms with E-state index in [0.717, 1.165) is 0 Å². The third kappa shape index (κ3) is 5.54. The number of Topliss-reactive ketones (excluding diaryl/α,β-unsaturated/α-hetero) is 1. The second-order valence-electron chi connectivity index (χ2n) is 6.77. The smallest absolute Gasteiger partial charge is 0.249 e. The molecule has 0 unspecified atom stereocenters. The average molecular weight is 361 g/mol. The number of hydrogen-bond acceptors (Lipinski definition) is 4. The maximum atomic E-state index is 13.6. The van der Waals surface area contributed by atoms with Crippen molar-refractivity contribution in [2.45, 2.75) is 33.3 Å². The van der Waals surface area contributed by atoms with Gasteiger partial charge in [-0.2, -0.15) is 0 Å². The number of hydrogen-bond donors (Lipinski definition) is 3. The Balaban J connectivity index is 2.63. The average Bonchev–Trinajstić information content (AvgIpc) is 2.54. The standard InChI is InChI=1S/C17H22F3NO4/c1-9(7-21-16(25)15(24)17(2,3)8-22)4-14(23)10-5-12(19)13(20)6-11(10)18/h5-6,9,15,22,24H,4,7-8H2,1-3H3,(H,21,25)/t9-,15-/m1/s1. The highest BCUT2D eigenvalue weighted by Crippen LogP contribution is 2.20. The van der Waals surface area contributed by atoms with Crippen molar-refractivity contribution in [3.05, 3.63) is 35.1 Å². The molecule has 1 aromatic carbocycles. The SMILES string of the molecule is C[C@@H](CNC(=O)[C@@H](O)C(C)(C)CO)CC(=O)c1cc(F)c(F)cc1F. The summed E-state index contributed by atoms with van der Waals surface area (Å²) in [5.41, 5.74) is -1.59. The van der Waals surface area contributed by atoms with E-state index in [1.54, 1.807) is 6.92 Å². The van der Waals surface area contributed by atoms with Gasteiger partial charge in [-0.1, -0.05) is 20.8 Å². The number of aliphatic hydroxyl groups excluding tert-OH is 2. The van der Waals surface area contributed by atoms with Crippen LogP contribution in [-0.4, -0.2) is 41.2 Å². The molecule has 0 radical (unpaired) electrons. The zero-order chi connectivity index (χ0) is 19.4. The largest absolute Gasteiger partial charge is 0.396 e. The molecular weight excluding hydrogens is 339 g/mol. The normalized spacial score (nSPS) is 14.1. The van der Waals surface area contributed by atoms with Crippen LogP contribution in [0.1, 0.15) is 37.6 Å². The number of carbonyl (C=O) groups excluding carboxylic acids is 2. The van der Waals surface area contributed by atoms with E-state index in [1.165, 1.54) is 13.8 Å². The Morgan fingerprint density at radius 2 is 1.72 bits per heavy atom. The van der Waals surface area contributed by atoms with E-state index in [4.69, 9.17) is 5.11 Å². The number of nitrogens with one attached hydrogen (secondary N) is 1. The van der Waals surface area contributed by atoms with Gasteiger partial charge in [-0.15, -0.1) is 0 Å². The Morgan fingerprint density at radius 3 is 2.28 bits per heavy atom. The van der Waals surface area contributed by atoms with Crippen LogP contribution in [0.5, 0.6) is 0 Å². The highest BCUT2D eigenvalue weighted by molar-refractivity contribution is 5.96. The minimum atomic E-state index is -1.44. The maximum Gasteiger partial charge on any atom is 0.249 e. The molecule has 2 atom stereocenters. The zero-order valence-corrected chi connectivity index (χ0v) is 14.3. The molecule has 0 aliphatic carbocycles. The number of rotatable bonds is 8. The van der Waals surface area contributed by atoms with Crippen LogP contribution < -0.4 is 5.32 Å². The summed E-state index contributed by atoms with van der Waals surface area (Å²) >= 11 is 0. The molecule has 0 aliphatic heterocycles. The van der Waals surface area contributed by atoms with E-state index in [0.29, 0.717) is 12.1 Å². The minimum Gasteiger partial charge on any atom is -0.396 e. The first-order valence-corrected chi connectivity index (χ1v) is 7.74. The van der Waals surface area contributed by atoms with Gasteiger partial charge in [0.05, 0.1) is 12.2 Å². The highest BCUT2D eigenvalue weighted by atomic mass is 19.2. The van der Waals surface area contributed by atoms with Gasteiger partial charge in [-0.3, -0.25) is 9.59 Å². The molecule has 0 bridgehead atoms. The number of carbonyl (C=O) groups is 2. The summed E-state index contributed by atoms with van der Waals surface area (Å²) in [4.78, 5) is 23.8. The zero-order valence-electron chi connectivity index (χ0n) is 14.3. The van der Waals surface area contributed by atoms with Gasteiger partial charge in [-0.25, -0.2) is 13.2 Å². The Hall–Kier alpha value is -1.93. The summed E-state index contributed by atoms with van der Waals surface area (Å²) < 4.78 is 39.6. The first kappa shape index (κ1) is 21.1. The molecule has 1 amide bonds. The third-order valence-electron chi connectivity index (χ3n) is 3.87. The summed E-state index contributed by atoms with van der Waals surface area (Å²) in [7, 11) is 0. The van der Waals surface area contributed by atoms with E-state index in [1.807, 2.05) is 0 Å². The number of amides is 1. The molecule has 0 heterocycles. The topological polar surface area (TPSA) is 86.6 Å². The van der Waals surface area contributed by atoms with E-state index in [-0.39, 0.29) is 13.0 Å². The van der Waals surface area contributed by atoms with Gasteiger partial charge >= 0.3 is 0 Å². The summed E-state index contributed by atoms with van der Waals surface area (Å²) in [5, 5.41) is 21.4. The lowest BCUT2D eigenvalue weighted by atomic mass is 9.87. The van der Waals surface area contributed by atoms with Crippen molar-refractivity contribution in [3.63, 3.8) is 0 Å². The van der Waals surface area contributed by atoms with Crippen LogP contribution in [0.15, 0.2) is 12.1 Å². The molecule has 140 valence electrons. The number of benzene rings is 1. The van der Waals surface area contributed by atoms with Gasteiger partial charge in [0, 0.05) is 24.4 Å². The molecule has 1 aromatic rings. The van der Waals surface area contributed by atoms with Gasteiger partial charge in [0.1, 0.15) is 11.9 Å². The molecule has 1 rings (SSSR count). The molecule has 0 saturated heterocycles. The van der Waals surface area contributed by atoms with Gasteiger partial charge < -0.3 is 15.5 Å². The molecule has 0 spiro atoms. The molecule has 25 heavy (non-hydrogen) atoms. The second kappa shape index (κ2) is 8.44. The fourth-order valence-corrected chi connectivity index (χ4v) is 2.05. The molecule has 3 N–H and O–H groups in total. The lowest BCUT2D eigenvalue weighted by Crippen LogP contribution is -2.46. The molecule has 5 nitrogen and oxygen atoms in total. The van der Waals surface area contributed by atoms with Gasteiger partial charge in [-0.05, 0) is 12.0 Å². The first-order valence-electron chi connectivity index (χ1n) is 7.74. The number of ketones is 1. The van der Waals surface area contributed by atoms with Crippen molar-refractivity contribution in [3.8, 4) is 0 Å². The number of halogens is 3. The monoisotopic (exact) mass is 361 g/mol. The van der Waals surface area contributed by atoms with Crippen LogP contribution in [0.2, 0.25) is 0 Å². The Kier molecular flexibility index (Phi) is 7.13. The first-order chi connectivity index (χ1) is 11.5. The van der Waals surface area contributed by atoms with E-state index in [2.05, 4.69) is 5.32 Å².